The van der Waals surface area contributed by atoms with Crippen LogP contribution in [0.5, 0.6) is 0 Å². The van der Waals surface area contributed by atoms with Gasteiger partial charge in [-0.3, -0.25) is 0 Å². The van der Waals surface area contributed by atoms with Gasteiger partial charge in [0, 0.05) is 5.56 Å². The van der Waals surface area contributed by atoms with Crippen molar-refractivity contribution in [2.24, 2.45) is 0 Å². The Labute approximate surface area is 115 Å². The summed E-state index contributed by atoms with van der Waals surface area (Å²) in [7, 11) is 0. The fourth-order valence-corrected chi connectivity index (χ4v) is 2.28. The molecule has 2 N–H and O–H groups in total. The van der Waals surface area contributed by atoms with E-state index in [4.69, 9.17) is 5.73 Å². The van der Waals surface area contributed by atoms with Crippen LogP contribution in [0.4, 0.5) is 5.82 Å². The molecule has 0 atom stereocenters. The molecule has 3 nitrogen and oxygen atoms in total. The van der Waals surface area contributed by atoms with Crippen molar-refractivity contribution in [2.75, 3.05) is 5.73 Å². The highest BCUT2D eigenvalue weighted by molar-refractivity contribution is 14.1. The summed E-state index contributed by atoms with van der Waals surface area (Å²) in [5.74, 6) is 1.28. The number of halogens is 1. The molecule has 2 rings (SSSR count). The summed E-state index contributed by atoms with van der Waals surface area (Å²) in [4.78, 5) is 8.92. The summed E-state index contributed by atoms with van der Waals surface area (Å²) in [6, 6.07) is 8.14. The van der Waals surface area contributed by atoms with E-state index in [1.165, 1.54) is 5.56 Å². The van der Waals surface area contributed by atoms with Crippen LogP contribution in [0.3, 0.4) is 0 Å². The van der Waals surface area contributed by atoms with Crippen molar-refractivity contribution in [2.45, 2.75) is 20.3 Å². The molecule has 17 heavy (non-hydrogen) atoms. The van der Waals surface area contributed by atoms with Crippen molar-refractivity contribution in [3.05, 3.63) is 39.1 Å². The molecule has 0 aliphatic carbocycles. The summed E-state index contributed by atoms with van der Waals surface area (Å²) in [6.07, 6.45) is 0.865. The van der Waals surface area contributed by atoms with Gasteiger partial charge in [0.15, 0.2) is 5.82 Å². The minimum absolute atomic E-state index is 0.564. The Hall–Kier alpha value is -1.17. The molecule has 0 fully saturated rings. The number of rotatable bonds is 2. The van der Waals surface area contributed by atoms with Gasteiger partial charge < -0.3 is 5.73 Å². The summed E-state index contributed by atoms with van der Waals surface area (Å²) in [5, 5.41) is 0. The van der Waals surface area contributed by atoms with Crippen LogP contribution in [0.15, 0.2) is 24.3 Å². The van der Waals surface area contributed by atoms with Crippen LogP contribution in [0.1, 0.15) is 18.2 Å². The van der Waals surface area contributed by atoms with Crippen molar-refractivity contribution in [3.63, 3.8) is 0 Å². The Morgan fingerprint density at radius 2 is 2.06 bits per heavy atom. The van der Waals surface area contributed by atoms with Gasteiger partial charge >= 0.3 is 0 Å². The quantitative estimate of drug-likeness (QED) is 0.855. The van der Waals surface area contributed by atoms with Gasteiger partial charge in [-0.25, -0.2) is 9.97 Å². The predicted molar refractivity (Wildman–Crippen MR) is 78.7 cm³/mol. The first-order valence-electron chi connectivity index (χ1n) is 5.50. The molecule has 0 radical (unpaired) electrons. The standard InChI is InChI=1S/C13H14IN3/c1-3-10-11(14)12(15)17-13(16-10)9-6-4-5-8(2)7-9/h4-7H,3H2,1-2H3,(H2,15,16,17). The third kappa shape index (κ3) is 2.57. The largest absolute Gasteiger partial charge is 0.383 e. The molecule has 1 aromatic heterocycles. The van der Waals surface area contributed by atoms with Crippen molar-refractivity contribution in [1.29, 1.82) is 0 Å². The first-order chi connectivity index (χ1) is 8.11. The van der Waals surface area contributed by atoms with E-state index in [1.807, 2.05) is 12.1 Å². The zero-order valence-electron chi connectivity index (χ0n) is 9.87. The summed E-state index contributed by atoms with van der Waals surface area (Å²) in [6.45, 7) is 4.13. The Morgan fingerprint density at radius 1 is 1.29 bits per heavy atom. The zero-order valence-corrected chi connectivity index (χ0v) is 12.0. The Kier molecular flexibility index (Phi) is 3.61. The topological polar surface area (TPSA) is 51.8 Å². The summed E-state index contributed by atoms with van der Waals surface area (Å²) >= 11 is 2.20. The lowest BCUT2D eigenvalue weighted by atomic mass is 10.1. The molecule has 1 heterocycles. The molecule has 0 unspecified atom stereocenters. The highest BCUT2D eigenvalue weighted by Crippen LogP contribution is 2.22. The molecular weight excluding hydrogens is 325 g/mol. The van der Waals surface area contributed by atoms with E-state index in [2.05, 4.69) is 58.5 Å². The lowest BCUT2D eigenvalue weighted by molar-refractivity contribution is 0.994. The molecule has 1 aromatic carbocycles. The third-order valence-electron chi connectivity index (χ3n) is 2.56. The molecule has 88 valence electrons. The number of nitrogens with two attached hydrogens (primary N) is 1. The Morgan fingerprint density at radius 3 is 2.71 bits per heavy atom. The number of benzene rings is 1. The number of hydrogen-bond donors (Lipinski definition) is 1. The lowest BCUT2D eigenvalue weighted by Crippen LogP contribution is -2.04. The van der Waals surface area contributed by atoms with Crippen molar-refractivity contribution >= 4 is 28.4 Å². The average molecular weight is 339 g/mol. The summed E-state index contributed by atoms with van der Waals surface area (Å²) in [5.41, 5.74) is 9.13. The molecule has 0 bridgehead atoms. The molecule has 2 aromatic rings. The van der Waals surface area contributed by atoms with Gasteiger partial charge in [0.05, 0.1) is 9.26 Å². The fraction of sp³-hybridized carbons (Fsp3) is 0.231. The van der Waals surface area contributed by atoms with Gasteiger partial charge in [-0.1, -0.05) is 30.7 Å². The minimum Gasteiger partial charge on any atom is -0.383 e. The second kappa shape index (κ2) is 5.00. The fourth-order valence-electron chi connectivity index (χ4n) is 1.66. The van der Waals surface area contributed by atoms with E-state index >= 15 is 0 Å². The van der Waals surface area contributed by atoms with Crippen LogP contribution in [0.2, 0.25) is 0 Å². The second-order valence-corrected chi connectivity index (χ2v) is 4.99. The van der Waals surface area contributed by atoms with E-state index in [-0.39, 0.29) is 0 Å². The van der Waals surface area contributed by atoms with Gasteiger partial charge in [-0.15, -0.1) is 0 Å². The SMILES string of the molecule is CCc1nc(-c2cccc(C)c2)nc(N)c1I. The highest BCUT2D eigenvalue weighted by Gasteiger charge is 2.09. The normalized spacial score (nSPS) is 10.5. The molecule has 0 spiro atoms. The molecule has 0 aliphatic heterocycles. The minimum atomic E-state index is 0.564. The maximum absolute atomic E-state index is 5.91. The number of aryl methyl sites for hydroxylation is 2. The number of aromatic nitrogens is 2. The smallest absolute Gasteiger partial charge is 0.161 e. The van der Waals surface area contributed by atoms with Crippen LogP contribution in [-0.4, -0.2) is 9.97 Å². The second-order valence-electron chi connectivity index (χ2n) is 3.92. The van der Waals surface area contributed by atoms with E-state index in [1.54, 1.807) is 0 Å². The monoisotopic (exact) mass is 339 g/mol. The molecule has 0 amide bonds. The molecule has 4 heteroatoms. The van der Waals surface area contributed by atoms with E-state index in [9.17, 15) is 0 Å². The van der Waals surface area contributed by atoms with Crippen LogP contribution < -0.4 is 5.73 Å². The maximum atomic E-state index is 5.91. The van der Waals surface area contributed by atoms with Gasteiger partial charge in [0.1, 0.15) is 5.82 Å². The maximum Gasteiger partial charge on any atom is 0.161 e. The van der Waals surface area contributed by atoms with Gasteiger partial charge in [-0.2, -0.15) is 0 Å². The third-order valence-corrected chi connectivity index (χ3v) is 3.73. The van der Waals surface area contributed by atoms with E-state index < -0.39 is 0 Å². The van der Waals surface area contributed by atoms with E-state index in [0.717, 1.165) is 21.2 Å². The van der Waals surface area contributed by atoms with Crippen LogP contribution >= 0.6 is 22.6 Å². The lowest BCUT2D eigenvalue weighted by Gasteiger charge is -2.08. The number of anilines is 1. The van der Waals surface area contributed by atoms with Crippen LogP contribution in [0, 0.1) is 10.5 Å². The number of nitrogen functional groups attached to an aromatic ring is 1. The van der Waals surface area contributed by atoms with Gasteiger partial charge in [0.25, 0.3) is 0 Å². The molecule has 0 saturated carbocycles. The van der Waals surface area contributed by atoms with E-state index in [0.29, 0.717) is 11.6 Å². The number of nitrogens with zero attached hydrogens (tertiary/aromatic N) is 2. The average Bonchev–Trinajstić information content (AvgIpc) is 2.32. The Balaban J connectivity index is 2.56. The summed E-state index contributed by atoms with van der Waals surface area (Å²) < 4.78 is 0.960. The molecule has 0 aliphatic rings. The molecular formula is C13H14IN3. The van der Waals surface area contributed by atoms with Gasteiger partial charge in [0.2, 0.25) is 0 Å². The number of hydrogen-bond acceptors (Lipinski definition) is 3. The Bertz CT molecular complexity index is 552. The van der Waals surface area contributed by atoms with Crippen molar-refractivity contribution in [3.8, 4) is 11.4 Å². The van der Waals surface area contributed by atoms with Crippen molar-refractivity contribution < 1.29 is 0 Å². The highest BCUT2D eigenvalue weighted by atomic mass is 127. The predicted octanol–water partition coefficient (Wildman–Crippen LogP) is 3.20. The zero-order chi connectivity index (χ0) is 12.4. The first-order valence-corrected chi connectivity index (χ1v) is 6.58. The van der Waals surface area contributed by atoms with Crippen LogP contribution in [0.25, 0.3) is 11.4 Å². The molecule has 0 saturated heterocycles. The van der Waals surface area contributed by atoms with Gasteiger partial charge in [-0.05, 0) is 42.0 Å². The van der Waals surface area contributed by atoms with Crippen molar-refractivity contribution in [1.82, 2.24) is 9.97 Å². The first kappa shape index (κ1) is 12.3. The van der Waals surface area contributed by atoms with Crippen LogP contribution in [-0.2, 0) is 6.42 Å².